The molecule has 4 heterocycles. The maximum Gasteiger partial charge on any atom is 0.215 e. The third-order valence-corrected chi connectivity index (χ3v) is 4.82. The Kier molecular flexibility index (Phi) is 1.99. The number of nitrogens with zero attached hydrogens (tertiary/aromatic N) is 4. The van der Waals surface area contributed by atoms with Crippen molar-refractivity contribution >= 4 is 49.8 Å². The monoisotopic (exact) mass is 312 g/mol. The highest BCUT2D eigenvalue weighted by molar-refractivity contribution is 6.09. The van der Waals surface area contributed by atoms with Crippen LogP contribution in [0, 0.1) is 0 Å². The minimum absolute atomic E-state index is 0.814. The molecule has 5 heteroatoms. The average Bonchev–Trinajstić information content (AvgIpc) is 3.24. The molecule has 0 saturated carbocycles. The topological polar surface area (TPSA) is 48.3 Å². The molecule has 0 unspecified atom stereocenters. The Morgan fingerprint density at radius 2 is 1.83 bits per heavy atom. The number of benzene rings is 2. The second kappa shape index (κ2) is 3.94. The van der Waals surface area contributed by atoms with Crippen molar-refractivity contribution in [2.45, 2.75) is 0 Å². The molecule has 0 spiro atoms. The van der Waals surface area contributed by atoms with Crippen LogP contribution in [0.5, 0.6) is 0 Å². The molecule has 0 aliphatic rings. The fraction of sp³-hybridized carbons (Fsp3) is 0.0526. The van der Waals surface area contributed by atoms with Crippen LogP contribution in [0.25, 0.3) is 49.8 Å². The molecular formula is C19H12N4O. The van der Waals surface area contributed by atoms with E-state index in [9.17, 15) is 0 Å². The van der Waals surface area contributed by atoms with Crippen LogP contribution in [0.2, 0.25) is 0 Å². The van der Waals surface area contributed by atoms with E-state index in [4.69, 9.17) is 9.40 Å². The van der Waals surface area contributed by atoms with Gasteiger partial charge in [0.25, 0.3) is 0 Å². The van der Waals surface area contributed by atoms with Gasteiger partial charge in [-0.25, -0.2) is 4.98 Å². The average molecular weight is 312 g/mol. The highest BCUT2D eigenvalue weighted by atomic mass is 16.3. The summed E-state index contributed by atoms with van der Waals surface area (Å²) >= 11 is 0. The predicted octanol–water partition coefficient (Wildman–Crippen LogP) is 4.27. The highest BCUT2D eigenvalue weighted by Gasteiger charge is 2.16. The van der Waals surface area contributed by atoms with Gasteiger partial charge in [0, 0.05) is 30.1 Å². The molecule has 0 N–H and O–H groups in total. The van der Waals surface area contributed by atoms with E-state index in [2.05, 4.69) is 39.2 Å². The summed E-state index contributed by atoms with van der Waals surface area (Å²) < 4.78 is 10.3. The van der Waals surface area contributed by atoms with Crippen molar-refractivity contribution in [2.24, 2.45) is 7.05 Å². The third kappa shape index (κ3) is 1.31. The lowest BCUT2D eigenvalue weighted by molar-refractivity contribution is 0.667. The van der Waals surface area contributed by atoms with E-state index >= 15 is 0 Å². The lowest BCUT2D eigenvalue weighted by atomic mass is 10.1. The summed E-state index contributed by atoms with van der Waals surface area (Å²) in [5, 5.41) is 2.19. The molecule has 114 valence electrons. The lowest BCUT2D eigenvalue weighted by Gasteiger charge is -1.97. The Morgan fingerprint density at radius 3 is 2.79 bits per heavy atom. The number of hydrogen-bond acceptors (Lipinski definition) is 3. The molecule has 24 heavy (non-hydrogen) atoms. The number of para-hydroxylation sites is 2. The molecule has 6 aromatic rings. The number of rotatable bonds is 0. The van der Waals surface area contributed by atoms with E-state index in [1.807, 2.05) is 24.3 Å². The van der Waals surface area contributed by atoms with Crippen molar-refractivity contribution < 1.29 is 4.42 Å². The first kappa shape index (κ1) is 12.1. The van der Waals surface area contributed by atoms with Gasteiger partial charge in [0.05, 0.1) is 28.3 Å². The van der Waals surface area contributed by atoms with Gasteiger partial charge in [-0.1, -0.05) is 12.1 Å². The first-order valence-electron chi connectivity index (χ1n) is 7.83. The summed E-state index contributed by atoms with van der Waals surface area (Å²) in [6.45, 7) is 0. The van der Waals surface area contributed by atoms with Gasteiger partial charge in [-0.05, 0) is 24.3 Å². The standard InChI is InChI=1S/C19H12N4O/c1-22-15-8-12-11-6-7-20-10-18(11)24-17(12)9-16(15)23-14-5-3-2-4-13(14)21-19(22)23/h2-10H,1H3. The van der Waals surface area contributed by atoms with Crippen molar-refractivity contribution in [2.75, 3.05) is 0 Å². The van der Waals surface area contributed by atoms with E-state index in [-0.39, 0.29) is 0 Å². The Labute approximate surface area is 135 Å². The number of aromatic nitrogens is 4. The minimum atomic E-state index is 0.814. The van der Waals surface area contributed by atoms with Gasteiger partial charge in [-0.3, -0.25) is 9.38 Å². The SMILES string of the molecule is Cn1c2cc3c(cc2n2c4ccccc4nc12)oc1cnccc13. The number of fused-ring (bicyclic) bond motifs is 8. The van der Waals surface area contributed by atoms with Gasteiger partial charge in [-0.2, -0.15) is 0 Å². The Balaban J connectivity index is 1.90. The van der Waals surface area contributed by atoms with Crippen LogP contribution in [0.15, 0.2) is 59.3 Å². The van der Waals surface area contributed by atoms with Crippen LogP contribution in [-0.2, 0) is 7.05 Å². The maximum atomic E-state index is 6.00. The minimum Gasteiger partial charge on any atom is -0.454 e. The number of pyridine rings is 1. The number of imidazole rings is 2. The van der Waals surface area contributed by atoms with E-state index in [1.54, 1.807) is 12.4 Å². The van der Waals surface area contributed by atoms with Gasteiger partial charge >= 0.3 is 0 Å². The fourth-order valence-corrected chi connectivity index (χ4v) is 3.69. The first-order valence-corrected chi connectivity index (χ1v) is 7.83. The van der Waals surface area contributed by atoms with E-state index in [1.165, 1.54) is 0 Å². The Morgan fingerprint density at radius 1 is 0.917 bits per heavy atom. The molecule has 5 nitrogen and oxygen atoms in total. The van der Waals surface area contributed by atoms with E-state index in [0.717, 1.165) is 49.8 Å². The second-order valence-electron chi connectivity index (χ2n) is 6.11. The van der Waals surface area contributed by atoms with Crippen LogP contribution in [0.1, 0.15) is 0 Å². The molecule has 4 aromatic heterocycles. The summed E-state index contributed by atoms with van der Waals surface area (Å²) in [5.41, 5.74) is 6.02. The van der Waals surface area contributed by atoms with Crippen LogP contribution in [-0.4, -0.2) is 18.9 Å². The molecule has 0 amide bonds. The molecule has 0 fully saturated rings. The molecule has 6 rings (SSSR count). The molecule has 0 saturated heterocycles. The smallest absolute Gasteiger partial charge is 0.215 e. The molecule has 0 aliphatic carbocycles. The van der Waals surface area contributed by atoms with E-state index < -0.39 is 0 Å². The van der Waals surface area contributed by atoms with Gasteiger partial charge in [0.1, 0.15) is 5.58 Å². The number of hydrogen-bond donors (Lipinski definition) is 0. The zero-order valence-electron chi connectivity index (χ0n) is 12.9. The molecule has 2 aromatic carbocycles. The van der Waals surface area contributed by atoms with Gasteiger partial charge in [0.2, 0.25) is 5.78 Å². The van der Waals surface area contributed by atoms with E-state index in [0.29, 0.717) is 0 Å². The summed E-state index contributed by atoms with van der Waals surface area (Å²) in [6.07, 6.45) is 3.56. The zero-order valence-corrected chi connectivity index (χ0v) is 12.9. The molecule has 0 aliphatic heterocycles. The van der Waals surface area contributed by atoms with Gasteiger partial charge < -0.3 is 8.98 Å². The zero-order chi connectivity index (χ0) is 15.8. The molecule has 0 bridgehead atoms. The molecule has 0 radical (unpaired) electrons. The van der Waals surface area contributed by atoms with Crippen molar-refractivity contribution in [3.8, 4) is 0 Å². The predicted molar refractivity (Wildman–Crippen MR) is 94.2 cm³/mol. The molecule has 0 atom stereocenters. The van der Waals surface area contributed by atoms with Crippen LogP contribution >= 0.6 is 0 Å². The van der Waals surface area contributed by atoms with Crippen LogP contribution in [0.3, 0.4) is 0 Å². The summed E-state index contributed by atoms with van der Waals surface area (Å²) in [6, 6.07) is 14.5. The maximum absolute atomic E-state index is 6.00. The van der Waals surface area contributed by atoms with Crippen molar-refractivity contribution in [3.05, 3.63) is 54.9 Å². The van der Waals surface area contributed by atoms with Gasteiger partial charge in [-0.15, -0.1) is 0 Å². The number of furan rings is 1. The lowest BCUT2D eigenvalue weighted by Crippen LogP contribution is -1.87. The van der Waals surface area contributed by atoms with Crippen LogP contribution < -0.4 is 0 Å². The largest absolute Gasteiger partial charge is 0.454 e. The first-order chi connectivity index (χ1) is 11.8. The Hall–Kier alpha value is -3.34. The van der Waals surface area contributed by atoms with Crippen LogP contribution in [0.4, 0.5) is 0 Å². The third-order valence-electron chi connectivity index (χ3n) is 4.82. The second-order valence-corrected chi connectivity index (χ2v) is 6.11. The summed E-state index contributed by atoms with van der Waals surface area (Å²) in [7, 11) is 2.05. The Bertz CT molecular complexity index is 1420. The van der Waals surface area contributed by atoms with Crippen molar-refractivity contribution in [1.29, 1.82) is 0 Å². The molecular weight excluding hydrogens is 300 g/mol. The summed E-state index contributed by atoms with van der Waals surface area (Å²) in [5.74, 6) is 0.935. The fourth-order valence-electron chi connectivity index (χ4n) is 3.69. The van der Waals surface area contributed by atoms with Crippen molar-refractivity contribution in [1.82, 2.24) is 18.9 Å². The quantitative estimate of drug-likeness (QED) is 0.421. The summed E-state index contributed by atoms with van der Waals surface area (Å²) in [4.78, 5) is 8.93. The van der Waals surface area contributed by atoms with Gasteiger partial charge in [0.15, 0.2) is 5.58 Å². The normalized spacial score (nSPS) is 12.4. The highest BCUT2D eigenvalue weighted by Crippen LogP contribution is 2.33. The number of aryl methyl sites for hydroxylation is 1. The van der Waals surface area contributed by atoms with Crippen molar-refractivity contribution in [3.63, 3.8) is 0 Å².